The Morgan fingerprint density at radius 2 is 1.79 bits per heavy atom. The smallest absolute Gasteiger partial charge is 0.260 e. The second-order valence-corrected chi connectivity index (χ2v) is 9.33. The zero-order valence-corrected chi connectivity index (χ0v) is 17.5. The van der Waals surface area contributed by atoms with E-state index in [0.29, 0.717) is 18.7 Å². The van der Waals surface area contributed by atoms with Gasteiger partial charge in [-0.05, 0) is 54.2 Å². The van der Waals surface area contributed by atoms with Gasteiger partial charge in [0.1, 0.15) is 5.75 Å². The summed E-state index contributed by atoms with van der Waals surface area (Å²) in [4.78, 5) is 12.3. The third-order valence-electron chi connectivity index (χ3n) is 4.35. The molecule has 3 N–H and O–H groups in total. The molecule has 0 aromatic heterocycles. The minimum absolute atomic E-state index is 0.00362. The molecule has 7 heteroatoms. The van der Waals surface area contributed by atoms with Gasteiger partial charge in [0.05, 0.1) is 4.90 Å². The molecule has 0 aliphatic carbocycles. The maximum absolute atomic E-state index is 12.3. The van der Waals surface area contributed by atoms with Crippen LogP contribution in [0.4, 0.5) is 0 Å². The number of nitrogens with two attached hydrogens (primary N) is 1. The highest BCUT2D eigenvalue weighted by atomic mass is 32.2. The monoisotopic (exact) mass is 404 g/mol. The van der Waals surface area contributed by atoms with Gasteiger partial charge in [0.15, 0.2) is 6.10 Å². The van der Waals surface area contributed by atoms with Crippen molar-refractivity contribution in [2.24, 2.45) is 5.14 Å². The average Bonchev–Trinajstić information content (AvgIpc) is 2.61. The Morgan fingerprint density at radius 3 is 2.36 bits per heavy atom. The highest BCUT2D eigenvalue weighted by Gasteiger charge is 2.17. The molecule has 2 aromatic carbocycles. The van der Waals surface area contributed by atoms with Crippen LogP contribution in [0, 0.1) is 0 Å². The largest absolute Gasteiger partial charge is 0.481 e. The summed E-state index contributed by atoms with van der Waals surface area (Å²) >= 11 is 0. The lowest BCUT2D eigenvalue weighted by molar-refractivity contribution is -0.127. The number of benzene rings is 2. The molecule has 6 nitrogen and oxygen atoms in total. The third-order valence-corrected chi connectivity index (χ3v) is 5.28. The number of ether oxygens (including phenoxy) is 1. The zero-order valence-electron chi connectivity index (χ0n) is 16.7. The summed E-state index contributed by atoms with van der Waals surface area (Å²) in [7, 11) is -3.69. The van der Waals surface area contributed by atoms with Crippen molar-refractivity contribution in [2.45, 2.75) is 50.5 Å². The first-order valence-electron chi connectivity index (χ1n) is 9.13. The van der Waals surface area contributed by atoms with Crippen LogP contribution in [0.2, 0.25) is 0 Å². The van der Waals surface area contributed by atoms with E-state index in [0.717, 1.165) is 11.1 Å². The van der Waals surface area contributed by atoms with Crippen molar-refractivity contribution in [2.75, 3.05) is 6.54 Å². The molecule has 0 fully saturated rings. The summed E-state index contributed by atoms with van der Waals surface area (Å²) in [6.07, 6.45) is -0.0527. The maximum atomic E-state index is 12.3. The van der Waals surface area contributed by atoms with E-state index in [2.05, 4.69) is 26.1 Å². The summed E-state index contributed by atoms with van der Waals surface area (Å²) in [6.45, 7) is 8.50. The van der Waals surface area contributed by atoms with Gasteiger partial charge in [-0.15, -0.1) is 0 Å². The summed E-state index contributed by atoms with van der Waals surface area (Å²) in [5.41, 5.74) is 2.05. The van der Waals surface area contributed by atoms with Gasteiger partial charge < -0.3 is 10.1 Å². The van der Waals surface area contributed by atoms with E-state index in [1.165, 1.54) is 12.1 Å². The van der Waals surface area contributed by atoms with Crippen molar-refractivity contribution in [1.29, 1.82) is 0 Å². The summed E-state index contributed by atoms with van der Waals surface area (Å²) in [6, 6.07) is 14.0. The normalized spacial score (nSPS) is 13.0. The number of hydrogen-bond acceptors (Lipinski definition) is 4. The van der Waals surface area contributed by atoms with Crippen molar-refractivity contribution >= 4 is 15.9 Å². The first-order chi connectivity index (χ1) is 13.0. The molecule has 2 rings (SSSR count). The summed E-state index contributed by atoms with van der Waals surface area (Å²) < 4.78 is 28.3. The van der Waals surface area contributed by atoms with E-state index in [1.54, 1.807) is 19.1 Å². The quantitative estimate of drug-likeness (QED) is 0.741. The van der Waals surface area contributed by atoms with Gasteiger partial charge >= 0.3 is 0 Å². The van der Waals surface area contributed by atoms with Crippen LogP contribution in [0.1, 0.15) is 38.8 Å². The topological polar surface area (TPSA) is 98.5 Å². The first-order valence-corrected chi connectivity index (χ1v) is 10.7. The second-order valence-electron chi connectivity index (χ2n) is 7.77. The Balaban J connectivity index is 1.86. The molecule has 0 spiro atoms. The van der Waals surface area contributed by atoms with Crippen molar-refractivity contribution < 1.29 is 17.9 Å². The SMILES string of the molecule is CC(Oc1cccc(C(C)(C)C)c1)C(=O)NCCc1ccc(S(N)(=O)=O)cc1. The molecule has 0 saturated carbocycles. The molecule has 1 atom stereocenters. The Kier molecular flexibility index (Phi) is 6.85. The molecule has 0 saturated heterocycles. The molecule has 0 aliphatic rings. The van der Waals surface area contributed by atoms with Gasteiger partial charge in [-0.1, -0.05) is 45.0 Å². The minimum Gasteiger partial charge on any atom is -0.481 e. The number of amides is 1. The zero-order chi connectivity index (χ0) is 20.9. The average molecular weight is 405 g/mol. The molecule has 0 bridgehead atoms. The Morgan fingerprint density at radius 1 is 1.14 bits per heavy atom. The molecule has 152 valence electrons. The molecule has 0 radical (unpaired) electrons. The number of carbonyl (C=O) groups excluding carboxylic acids is 1. The first kappa shape index (κ1) is 21.9. The highest BCUT2D eigenvalue weighted by Crippen LogP contribution is 2.26. The molecule has 1 unspecified atom stereocenters. The molecule has 1 amide bonds. The van der Waals surface area contributed by atoms with E-state index in [1.807, 2.05) is 24.3 Å². The van der Waals surface area contributed by atoms with E-state index >= 15 is 0 Å². The van der Waals surface area contributed by atoms with Crippen LogP contribution in [0.5, 0.6) is 5.75 Å². The van der Waals surface area contributed by atoms with Crippen LogP contribution in [0.15, 0.2) is 53.4 Å². The lowest BCUT2D eigenvalue weighted by Gasteiger charge is -2.21. The van der Waals surface area contributed by atoms with E-state index in [9.17, 15) is 13.2 Å². The van der Waals surface area contributed by atoms with Crippen LogP contribution >= 0.6 is 0 Å². The predicted octanol–water partition coefficient (Wildman–Crippen LogP) is 2.76. The van der Waals surface area contributed by atoms with Gasteiger partial charge in [-0.2, -0.15) is 0 Å². The van der Waals surface area contributed by atoms with E-state index in [-0.39, 0.29) is 16.2 Å². The molecular weight excluding hydrogens is 376 g/mol. The van der Waals surface area contributed by atoms with Crippen molar-refractivity contribution in [3.63, 3.8) is 0 Å². The number of primary sulfonamides is 1. The van der Waals surface area contributed by atoms with Gasteiger partial charge in [0.25, 0.3) is 5.91 Å². The van der Waals surface area contributed by atoms with Gasteiger partial charge in [0, 0.05) is 6.54 Å². The Bertz CT molecular complexity index is 916. The summed E-state index contributed by atoms with van der Waals surface area (Å²) in [5.74, 6) is 0.455. The Labute approximate surface area is 167 Å². The van der Waals surface area contributed by atoms with Crippen molar-refractivity contribution in [3.05, 3.63) is 59.7 Å². The molecule has 0 aliphatic heterocycles. The van der Waals surface area contributed by atoms with Crippen LogP contribution in [0.25, 0.3) is 0 Å². The third kappa shape index (κ3) is 6.35. The fraction of sp³-hybridized carbons (Fsp3) is 0.381. The predicted molar refractivity (Wildman–Crippen MR) is 110 cm³/mol. The van der Waals surface area contributed by atoms with Crippen LogP contribution < -0.4 is 15.2 Å². The number of sulfonamides is 1. The maximum Gasteiger partial charge on any atom is 0.260 e. The fourth-order valence-electron chi connectivity index (χ4n) is 2.61. The van der Waals surface area contributed by atoms with E-state index < -0.39 is 16.1 Å². The van der Waals surface area contributed by atoms with Crippen LogP contribution in [-0.4, -0.2) is 27.0 Å². The molecule has 2 aromatic rings. The van der Waals surface area contributed by atoms with Crippen LogP contribution in [0.3, 0.4) is 0 Å². The fourth-order valence-corrected chi connectivity index (χ4v) is 3.13. The van der Waals surface area contributed by atoms with Crippen molar-refractivity contribution in [3.8, 4) is 5.75 Å². The second kappa shape index (κ2) is 8.75. The van der Waals surface area contributed by atoms with Crippen LogP contribution in [-0.2, 0) is 26.7 Å². The molecule has 28 heavy (non-hydrogen) atoms. The minimum atomic E-state index is -3.69. The highest BCUT2D eigenvalue weighted by molar-refractivity contribution is 7.89. The number of rotatable bonds is 7. The molecular formula is C21H28N2O4S. The summed E-state index contributed by atoms with van der Waals surface area (Å²) in [5, 5.41) is 7.91. The standard InChI is InChI=1S/C21H28N2O4S/c1-15(27-18-7-5-6-17(14-18)21(2,3)4)20(24)23-13-12-16-8-10-19(11-9-16)28(22,25)26/h5-11,14-15H,12-13H2,1-4H3,(H,23,24)(H2,22,25,26). The van der Waals surface area contributed by atoms with E-state index in [4.69, 9.17) is 9.88 Å². The van der Waals surface area contributed by atoms with Gasteiger partial charge in [0.2, 0.25) is 10.0 Å². The van der Waals surface area contributed by atoms with Gasteiger partial charge in [-0.25, -0.2) is 13.6 Å². The van der Waals surface area contributed by atoms with Gasteiger partial charge in [-0.3, -0.25) is 4.79 Å². The lowest BCUT2D eigenvalue weighted by atomic mass is 9.87. The lowest BCUT2D eigenvalue weighted by Crippen LogP contribution is -2.37. The molecule has 0 heterocycles. The Hall–Kier alpha value is -2.38. The number of hydrogen-bond donors (Lipinski definition) is 2. The number of carbonyl (C=O) groups is 1. The number of nitrogens with one attached hydrogen (secondary N) is 1. The van der Waals surface area contributed by atoms with Crippen molar-refractivity contribution in [1.82, 2.24) is 5.32 Å².